The number of benzene rings is 4. The molecule has 1 aromatic heterocycles. The number of para-hydroxylation sites is 2. The Kier molecular flexibility index (Phi) is 4.89. The number of rotatable bonds is 5. The molecule has 0 aliphatic rings. The molecule has 146 valence electrons. The van der Waals surface area contributed by atoms with Crippen molar-refractivity contribution in [1.29, 1.82) is 0 Å². The quantitative estimate of drug-likeness (QED) is 0.298. The second-order valence-corrected chi connectivity index (χ2v) is 8.19. The fourth-order valence-corrected chi connectivity index (χ4v) is 4.86. The molecule has 0 fully saturated rings. The average molecular weight is 408 g/mol. The summed E-state index contributed by atoms with van der Waals surface area (Å²) in [5.41, 5.74) is 6.11. The Labute approximate surface area is 180 Å². The van der Waals surface area contributed by atoms with Crippen LogP contribution in [0.4, 0.5) is 0 Å². The second-order valence-electron chi connectivity index (χ2n) is 7.24. The maximum absolute atomic E-state index is 6.23. The van der Waals surface area contributed by atoms with E-state index in [0.29, 0.717) is 5.89 Å². The molecule has 0 aliphatic carbocycles. The van der Waals surface area contributed by atoms with Crippen LogP contribution in [0.25, 0.3) is 38.9 Å². The summed E-state index contributed by atoms with van der Waals surface area (Å²) in [6.07, 6.45) is 2.13. The largest absolute Gasteiger partial charge is 0.436 e. The summed E-state index contributed by atoms with van der Waals surface area (Å²) >= 11 is 1.78. The summed E-state index contributed by atoms with van der Waals surface area (Å²) in [5, 5.41) is 2.40. The maximum atomic E-state index is 6.23. The molecular weight excluding hydrogens is 386 g/mol. The minimum atomic E-state index is 0.0852. The first-order valence-electron chi connectivity index (χ1n) is 9.91. The highest BCUT2D eigenvalue weighted by Gasteiger charge is 2.24. The van der Waals surface area contributed by atoms with Crippen molar-refractivity contribution in [2.75, 3.05) is 6.26 Å². The predicted octanol–water partition coefficient (Wildman–Crippen LogP) is 7.77. The summed E-state index contributed by atoms with van der Waals surface area (Å²) in [6.45, 7) is 4.46. The van der Waals surface area contributed by atoms with Gasteiger partial charge in [0.2, 0.25) is 5.89 Å². The molecule has 0 amide bonds. The van der Waals surface area contributed by atoms with Crippen molar-refractivity contribution in [3.05, 3.63) is 109 Å². The van der Waals surface area contributed by atoms with Gasteiger partial charge in [-0.25, -0.2) is 4.98 Å². The van der Waals surface area contributed by atoms with E-state index in [2.05, 4.69) is 73.5 Å². The standard InChI is InChI=1S/C27H21NOS/c1-18(19-10-4-3-5-11-19)26(30-2)22-17-16-20-12-6-7-13-21(20)25(22)27-28-23-14-8-9-15-24(23)29-27/h3-17,26H,1H2,2H3. The highest BCUT2D eigenvalue weighted by Crippen LogP contribution is 2.45. The molecule has 0 saturated heterocycles. The fraction of sp³-hybridized carbons (Fsp3) is 0.0741. The molecule has 0 bridgehead atoms. The van der Waals surface area contributed by atoms with Crippen LogP contribution in [0.1, 0.15) is 16.4 Å². The summed E-state index contributed by atoms with van der Waals surface area (Å²) in [6, 6.07) is 31.1. The van der Waals surface area contributed by atoms with Crippen molar-refractivity contribution in [3.63, 3.8) is 0 Å². The van der Waals surface area contributed by atoms with E-state index < -0.39 is 0 Å². The lowest BCUT2D eigenvalue weighted by molar-refractivity contribution is 0.620. The van der Waals surface area contributed by atoms with Gasteiger partial charge in [0.15, 0.2) is 5.58 Å². The number of aromatic nitrogens is 1. The Morgan fingerprint density at radius 1 is 0.867 bits per heavy atom. The van der Waals surface area contributed by atoms with E-state index >= 15 is 0 Å². The lowest BCUT2D eigenvalue weighted by Crippen LogP contribution is -2.01. The van der Waals surface area contributed by atoms with E-state index in [1.54, 1.807) is 11.8 Å². The molecule has 5 aromatic rings. The van der Waals surface area contributed by atoms with Crippen LogP contribution < -0.4 is 0 Å². The molecule has 2 nitrogen and oxygen atoms in total. The van der Waals surface area contributed by atoms with Crippen LogP contribution in [0.2, 0.25) is 0 Å². The van der Waals surface area contributed by atoms with Crippen LogP contribution in [0.5, 0.6) is 0 Å². The Balaban J connectivity index is 1.75. The zero-order valence-electron chi connectivity index (χ0n) is 16.7. The van der Waals surface area contributed by atoms with Crippen LogP contribution in [0.3, 0.4) is 0 Å². The lowest BCUT2D eigenvalue weighted by atomic mass is 9.92. The SMILES string of the molecule is C=C(c1ccccc1)C(SC)c1ccc2ccccc2c1-c1nc2ccccc2o1. The van der Waals surface area contributed by atoms with Gasteiger partial charge >= 0.3 is 0 Å². The smallest absolute Gasteiger partial charge is 0.228 e. The van der Waals surface area contributed by atoms with Gasteiger partial charge in [-0.15, -0.1) is 0 Å². The van der Waals surface area contributed by atoms with E-state index in [1.165, 1.54) is 10.9 Å². The van der Waals surface area contributed by atoms with Crippen molar-refractivity contribution in [2.24, 2.45) is 0 Å². The van der Waals surface area contributed by atoms with Crippen LogP contribution >= 0.6 is 11.8 Å². The van der Waals surface area contributed by atoms with E-state index in [-0.39, 0.29) is 5.25 Å². The number of thioether (sulfide) groups is 1. The normalized spacial score (nSPS) is 12.3. The van der Waals surface area contributed by atoms with Crippen molar-refractivity contribution < 1.29 is 4.42 Å². The Morgan fingerprint density at radius 2 is 1.60 bits per heavy atom. The molecule has 0 saturated carbocycles. The van der Waals surface area contributed by atoms with Crippen LogP contribution in [-0.2, 0) is 0 Å². The molecule has 0 aliphatic heterocycles. The van der Waals surface area contributed by atoms with E-state index in [1.807, 2.05) is 30.3 Å². The molecule has 0 N–H and O–H groups in total. The van der Waals surface area contributed by atoms with Crippen LogP contribution in [0, 0.1) is 0 Å². The van der Waals surface area contributed by atoms with E-state index in [0.717, 1.165) is 33.2 Å². The minimum Gasteiger partial charge on any atom is -0.436 e. The van der Waals surface area contributed by atoms with Crippen LogP contribution in [-0.4, -0.2) is 11.2 Å². The number of fused-ring (bicyclic) bond motifs is 2. The monoisotopic (exact) mass is 407 g/mol. The Hall–Kier alpha value is -3.30. The highest BCUT2D eigenvalue weighted by atomic mass is 32.2. The third-order valence-electron chi connectivity index (χ3n) is 5.45. The van der Waals surface area contributed by atoms with Crippen molar-refractivity contribution in [2.45, 2.75) is 5.25 Å². The Morgan fingerprint density at radius 3 is 2.40 bits per heavy atom. The number of oxazole rings is 1. The topological polar surface area (TPSA) is 26.0 Å². The van der Waals surface area contributed by atoms with Gasteiger partial charge in [-0.2, -0.15) is 11.8 Å². The zero-order valence-corrected chi connectivity index (χ0v) is 17.5. The minimum absolute atomic E-state index is 0.0852. The number of hydrogen-bond acceptors (Lipinski definition) is 3. The third kappa shape index (κ3) is 3.21. The first-order chi connectivity index (χ1) is 14.8. The molecule has 1 atom stereocenters. The summed E-state index contributed by atoms with van der Waals surface area (Å²) in [4.78, 5) is 4.84. The lowest BCUT2D eigenvalue weighted by Gasteiger charge is -2.21. The molecule has 0 radical (unpaired) electrons. The van der Waals surface area contributed by atoms with Gasteiger partial charge in [0.1, 0.15) is 5.52 Å². The first kappa shape index (κ1) is 18.7. The molecule has 5 rings (SSSR count). The average Bonchev–Trinajstić information content (AvgIpc) is 3.23. The van der Waals surface area contributed by atoms with Gasteiger partial charge in [0.05, 0.1) is 5.25 Å². The van der Waals surface area contributed by atoms with E-state index in [9.17, 15) is 0 Å². The number of nitrogens with zero attached hydrogens (tertiary/aromatic N) is 1. The number of hydrogen-bond donors (Lipinski definition) is 0. The van der Waals surface area contributed by atoms with Crippen molar-refractivity contribution >= 4 is 39.2 Å². The zero-order chi connectivity index (χ0) is 20.5. The molecule has 1 unspecified atom stereocenters. The highest BCUT2D eigenvalue weighted by molar-refractivity contribution is 7.99. The first-order valence-corrected chi connectivity index (χ1v) is 11.2. The summed E-state index contributed by atoms with van der Waals surface area (Å²) < 4.78 is 6.23. The predicted molar refractivity (Wildman–Crippen MR) is 129 cm³/mol. The van der Waals surface area contributed by atoms with Gasteiger partial charge < -0.3 is 4.42 Å². The third-order valence-corrected chi connectivity index (χ3v) is 6.46. The van der Waals surface area contributed by atoms with Gasteiger partial charge in [-0.1, -0.05) is 85.4 Å². The van der Waals surface area contributed by atoms with Crippen molar-refractivity contribution in [1.82, 2.24) is 4.98 Å². The van der Waals surface area contributed by atoms with E-state index in [4.69, 9.17) is 9.40 Å². The maximum Gasteiger partial charge on any atom is 0.228 e. The molecule has 30 heavy (non-hydrogen) atoms. The van der Waals surface area contributed by atoms with Gasteiger partial charge in [-0.05, 0) is 45.9 Å². The summed E-state index contributed by atoms with van der Waals surface area (Å²) in [5.74, 6) is 0.655. The second kappa shape index (κ2) is 7.85. The van der Waals surface area contributed by atoms with Gasteiger partial charge in [0.25, 0.3) is 0 Å². The summed E-state index contributed by atoms with van der Waals surface area (Å²) in [7, 11) is 0. The van der Waals surface area contributed by atoms with Gasteiger partial charge in [0, 0.05) is 5.56 Å². The molecule has 0 spiro atoms. The fourth-order valence-electron chi connectivity index (χ4n) is 3.99. The van der Waals surface area contributed by atoms with Crippen LogP contribution in [0.15, 0.2) is 102 Å². The molecule has 1 heterocycles. The van der Waals surface area contributed by atoms with Gasteiger partial charge in [-0.3, -0.25) is 0 Å². The molecular formula is C27H21NOS. The molecule has 4 aromatic carbocycles. The Bertz CT molecular complexity index is 1320. The molecule has 3 heteroatoms. The van der Waals surface area contributed by atoms with Crippen molar-refractivity contribution in [3.8, 4) is 11.5 Å².